The SMILES string of the molecule is C[B]C1=NNC(C)N1C. The van der Waals surface area contributed by atoms with Gasteiger partial charge in [0.25, 0.3) is 0 Å². The summed E-state index contributed by atoms with van der Waals surface area (Å²) in [6.45, 7) is 4.05. The van der Waals surface area contributed by atoms with Gasteiger partial charge in [-0.3, -0.25) is 5.43 Å². The molecule has 1 aliphatic rings. The second-order valence-corrected chi connectivity index (χ2v) is 2.17. The van der Waals surface area contributed by atoms with E-state index in [4.69, 9.17) is 0 Å². The molecule has 0 aromatic heterocycles. The minimum absolute atomic E-state index is 0.344. The van der Waals surface area contributed by atoms with Crippen LogP contribution in [0.4, 0.5) is 0 Å². The van der Waals surface area contributed by atoms with E-state index in [2.05, 4.69) is 22.4 Å². The highest BCUT2D eigenvalue weighted by atomic mass is 15.5. The quantitative estimate of drug-likeness (QED) is 0.494. The van der Waals surface area contributed by atoms with Crippen LogP contribution in [0.5, 0.6) is 0 Å². The third-order valence-corrected chi connectivity index (χ3v) is 1.57. The van der Waals surface area contributed by atoms with Crippen LogP contribution in [0.15, 0.2) is 5.10 Å². The molecular formula is C5H11BN3. The molecule has 3 nitrogen and oxygen atoms in total. The summed E-state index contributed by atoms with van der Waals surface area (Å²) in [5, 5.41) is 4.05. The lowest BCUT2D eigenvalue weighted by Crippen LogP contribution is -2.35. The van der Waals surface area contributed by atoms with Gasteiger partial charge in [-0.2, -0.15) is 5.10 Å². The van der Waals surface area contributed by atoms with E-state index in [1.54, 1.807) is 0 Å². The molecule has 1 heterocycles. The molecule has 1 radical (unpaired) electrons. The van der Waals surface area contributed by atoms with E-state index in [9.17, 15) is 0 Å². The van der Waals surface area contributed by atoms with Gasteiger partial charge in [-0.05, 0) is 6.92 Å². The second kappa shape index (κ2) is 2.29. The van der Waals surface area contributed by atoms with Gasteiger partial charge >= 0.3 is 0 Å². The lowest BCUT2D eigenvalue weighted by molar-refractivity contribution is 0.379. The van der Waals surface area contributed by atoms with E-state index in [0.717, 1.165) is 5.73 Å². The summed E-state index contributed by atoms with van der Waals surface area (Å²) in [6.07, 6.45) is 0.344. The number of hydrazone groups is 1. The zero-order chi connectivity index (χ0) is 6.85. The number of hydrogen-bond donors (Lipinski definition) is 1. The number of nitrogens with zero attached hydrogens (tertiary/aromatic N) is 2. The van der Waals surface area contributed by atoms with Crippen molar-refractivity contribution in [1.82, 2.24) is 10.3 Å². The molecule has 0 saturated heterocycles. The van der Waals surface area contributed by atoms with Gasteiger partial charge < -0.3 is 4.90 Å². The minimum atomic E-state index is 0.344. The molecule has 0 fully saturated rings. The molecule has 49 valence electrons. The smallest absolute Gasteiger partial charge is 0.200 e. The Balaban J connectivity index is 2.55. The van der Waals surface area contributed by atoms with Crippen molar-refractivity contribution in [2.75, 3.05) is 7.05 Å². The molecule has 1 rings (SSSR count). The lowest BCUT2D eigenvalue weighted by atomic mass is 9.80. The Morgan fingerprint density at radius 1 is 1.78 bits per heavy atom. The van der Waals surface area contributed by atoms with Crippen molar-refractivity contribution in [3.63, 3.8) is 0 Å². The normalized spacial score (nSPS) is 25.4. The van der Waals surface area contributed by atoms with Crippen molar-refractivity contribution in [2.45, 2.75) is 19.9 Å². The summed E-state index contributed by atoms with van der Waals surface area (Å²) in [5.41, 5.74) is 3.97. The van der Waals surface area contributed by atoms with E-state index in [1.807, 2.05) is 21.2 Å². The average Bonchev–Trinajstić information content (AvgIpc) is 2.15. The first kappa shape index (κ1) is 6.45. The van der Waals surface area contributed by atoms with E-state index in [1.165, 1.54) is 0 Å². The van der Waals surface area contributed by atoms with Crippen LogP contribution >= 0.6 is 0 Å². The van der Waals surface area contributed by atoms with E-state index < -0.39 is 0 Å². The minimum Gasteiger partial charge on any atom is -0.349 e. The molecule has 4 heteroatoms. The van der Waals surface area contributed by atoms with Crippen molar-refractivity contribution in [3.05, 3.63) is 0 Å². The van der Waals surface area contributed by atoms with Crippen molar-refractivity contribution < 1.29 is 0 Å². The third-order valence-electron chi connectivity index (χ3n) is 1.57. The summed E-state index contributed by atoms with van der Waals surface area (Å²) >= 11 is 0. The summed E-state index contributed by atoms with van der Waals surface area (Å²) in [7, 11) is 4.00. The average molecular weight is 124 g/mol. The van der Waals surface area contributed by atoms with Crippen molar-refractivity contribution in [1.29, 1.82) is 0 Å². The predicted octanol–water partition coefficient (Wildman–Crippen LogP) is -0.109. The van der Waals surface area contributed by atoms with Gasteiger partial charge in [-0.1, -0.05) is 6.82 Å². The summed E-state index contributed by atoms with van der Waals surface area (Å²) in [5.74, 6) is 0. The van der Waals surface area contributed by atoms with Crippen LogP contribution in [0.25, 0.3) is 0 Å². The van der Waals surface area contributed by atoms with Crippen LogP contribution in [-0.2, 0) is 0 Å². The maximum atomic E-state index is 4.05. The monoisotopic (exact) mass is 124 g/mol. The zero-order valence-corrected chi connectivity index (χ0v) is 6.05. The summed E-state index contributed by atoms with van der Waals surface area (Å²) in [4.78, 5) is 2.08. The van der Waals surface area contributed by atoms with Gasteiger partial charge in [0, 0.05) is 7.05 Å². The molecule has 1 atom stereocenters. The van der Waals surface area contributed by atoms with Crippen LogP contribution in [-0.4, -0.2) is 31.1 Å². The topological polar surface area (TPSA) is 27.6 Å². The van der Waals surface area contributed by atoms with E-state index in [-0.39, 0.29) is 0 Å². The first-order chi connectivity index (χ1) is 4.25. The maximum Gasteiger partial charge on any atom is 0.200 e. The van der Waals surface area contributed by atoms with Crippen molar-refractivity contribution in [3.8, 4) is 0 Å². The molecule has 0 aromatic carbocycles. The van der Waals surface area contributed by atoms with Crippen LogP contribution < -0.4 is 5.43 Å². The Bertz CT molecular complexity index is 134. The molecule has 0 aromatic rings. The fourth-order valence-corrected chi connectivity index (χ4v) is 0.792. The van der Waals surface area contributed by atoms with E-state index in [0.29, 0.717) is 6.17 Å². The maximum absolute atomic E-state index is 4.05. The molecular weight excluding hydrogens is 113 g/mol. The molecule has 0 saturated carbocycles. The molecule has 1 N–H and O–H groups in total. The van der Waals surface area contributed by atoms with Gasteiger partial charge in [-0.25, -0.2) is 0 Å². The van der Waals surface area contributed by atoms with Gasteiger partial charge in [-0.15, -0.1) is 0 Å². The highest BCUT2D eigenvalue weighted by Crippen LogP contribution is 1.99. The highest BCUT2D eigenvalue weighted by molar-refractivity contribution is 6.73. The van der Waals surface area contributed by atoms with Gasteiger partial charge in [0.05, 0.1) is 5.73 Å². The predicted molar refractivity (Wildman–Crippen MR) is 39.4 cm³/mol. The Morgan fingerprint density at radius 2 is 2.44 bits per heavy atom. The first-order valence-electron chi connectivity index (χ1n) is 3.11. The number of rotatable bonds is 1. The Kier molecular flexibility index (Phi) is 1.64. The fourth-order valence-electron chi connectivity index (χ4n) is 0.792. The molecule has 9 heavy (non-hydrogen) atoms. The molecule has 0 bridgehead atoms. The van der Waals surface area contributed by atoms with Crippen LogP contribution in [0.1, 0.15) is 6.92 Å². The zero-order valence-electron chi connectivity index (χ0n) is 6.05. The molecule has 1 aliphatic heterocycles. The third kappa shape index (κ3) is 1.02. The standard InChI is InChI=1S/C5H11BN3/c1-4-7-8-5(6-2)9(4)3/h4,7H,1-3H3. The van der Waals surface area contributed by atoms with Gasteiger partial charge in [0.1, 0.15) is 6.17 Å². The first-order valence-corrected chi connectivity index (χ1v) is 3.11. The Labute approximate surface area is 56.4 Å². The van der Waals surface area contributed by atoms with E-state index >= 15 is 0 Å². The van der Waals surface area contributed by atoms with Gasteiger partial charge in [0.15, 0.2) is 0 Å². The number of nitrogens with one attached hydrogen (secondary N) is 1. The summed E-state index contributed by atoms with van der Waals surface area (Å²) < 4.78 is 0. The second-order valence-electron chi connectivity index (χ2n) is 2.17. The Morgan fingerprint density at radius 3 is 2.67 bits per heavy atom. The molecule has 0 amide bonds. The lowest BCUT2D eigenvalue weighted by Gasteiger charge is -2.17. The molecule has 0 spiro atoms. The number of amidine groups is 1. The fraction of sp³-hybridized carbons (Fsp3) is 0.800. The Hall–Kier alpha value is -0.665. The highest BCUT2D eigenvalue weighted by Gasteiger charge is 2.16. The molecule has 0 aliphatic carbocycles. The van der Waals surface area contributed by atoms with Crippen LogP contribution in [0, 0.1) is 0 Å². The van der Waals surface area contributed by atoms with Crippen molar-refractivity contribution in [2.24, 2.45) is 5.10 Å². The van der Waals surface area contributed by atoms with Crippen molar-refractivity contribution >= 4 is 13.0 Å². The van der Waals surface area contributed by atoms with Crippen LogP contribution in [0.2, 0.25) is 6.82 Å². The van der Waals surface area contributed by atoms with Gasteiger partial charge in [0.2, 0.25) is 7.28 Å². The van der Waals surface area contributed by atoms with Crippen LogP contribution in [0.3, 0.4) is 0 Å². The number of hydrogen-bond acceptors (Lipinski definition) is 3. The summed E-state index contributed by atoms with van der Waals surface area (Å²) in [6, 6.07) is 0. The largest absolute Gasteiger partial charge is 0.349 e. The molecule has 1 unspecified atom stereocenters.